The van der Waals surface area contributed by atoms with Crippen molar-refractivity contribution in [3.05, 3.63) is 29.6 Å². The van der Waals surface area contributed by atoms with Crippen LogP contribution in [-0.2, 0) is 18.3 Å². The van der Waals surface area contributed by atoms with E-state index in [0.29, 0.717) is 6.42 Å². The smallest absolute Gasteiger partial charge is 0.239 e. The first-order chi connectivity index (χ1) is 8.90. The number of fused-ring (bicyclic) bond motifs is 1. The van der Waals surface area contributed by atoms with Crippen molar-refractivity contribution >= 4 is 16.9 Å². The van der Waals surface area contributed by atoms with E-state index < -0.39 is 6.04 Å². The molecule has 0 radical (unpaired) electrons. The molecule has 1 amide bonds. The van der Waals surface area contributed by atoms with E-state index in [-0.39, 0.29) is 5.91 Å². The summed E-state index contributed by atoms with van der Waals surface area (Å²) >= 11 is 0. The molecule has 2 rings (SSSR count). The molecule has 0 spiro atoms. The van der Waals surface area contributed by atoms with Crippen molar-refractivity contribution in [1.82, 2.24) is 14.5 Å². The van der Waals surface area contributed by atoms with Crippen LogP contribution in [0.2, 0.25) is 0 Å². The third-order valence-corrected chi connectivity index (χ3v) is 3.38. The molecular formula is C14H20N4O. The topological polar surface area (TPSA) is 64.2 Å². The van der Waals surface area contributed by atoms with Gasteiger partial charge >= 0.3 is 0 Å². The number of likely N-dealkylation sites (N-methyl/N-ethyl adjacent to an activating group) is 1. The Balaban J connectivity index is 2.25. The number of nitrogens with zero attached hydrogens (tertiary/aromatic N) is 3. The molecule has 0 aliphatic carbocycles. The molecule has 102 valence electrons. The molecule has 0 saturated carbocycles. The lowest BCUT2D eigenvalue weighted by Gasteiger charge is -2.16. The van der Waals surface area contributed by atoms with Crippen LogP contribution in [0.3, 0.4) is 0 Å². The largest absolute Gasteiger partial charge is 0.347 e. The van der Waals surface area contributed by atoms with Crippen LogP contribution < -0.4 is 5.73 Å². The van der Waals surface area contributed by atoms with Gasteiger partial charge in [0, 0.05) is 21.1 Å². The maximum atomic E-state index is 11.8. The first-order valence-electron chi connectivity index (χ1n) is 6.29. The summed E-state index contributed by atoms with van der Waals surface area (Å²) in [5, 5.41) is 0. The zero-order chi connectivity index (χ0) is 14.2. The molecule has 1 aromatic heterocycles. The van der Waals surface area contributed by atoms with E-state index in [4.69, 9.17) is 5.73 Å². The van der Waals surface area contributed by atoms with Crippen molar-refractivity contribution in [2.45, 2.75) is 19.4 Å². The van der Waals surface area contributed by atoms with Crippen LogP contribution >= 0.6 is 0 Å². The third-order valence-electron chi connectivity index (χ3n) is 3.38. The minimum Gasteiger partial charge on any atom is -0.347 e. The number of imidazole rings is 1. The average molecular weight is 260 g/mol. The number of amides is 1. The molecule has 5 nitrogen and oxygen atoms in total. The number of rotatable bonds is 3. The van der Waals surface area contributed by atoms with Crippen LogP contribution in [0.25, 0.3) is 11.0 Å². The predicted molar refractivity (Wildman–Crippen MR) is 75.8 cm³/mol. The van der Waals surface area contributed by atoms with Gasteiger partial charge in [-0.3, -0.25) is 4.79 Å². The number of aromatic nitrogens is 2. The van der Waals surface area contributed by atoms with Gasteiger partial charge in [-0.2, -0.15) is 0 Å². The summed E-state index contributed by atoms with van der Waals surface area (Å²) in [6.45, 7) is 1.97. The first kappa shape index (κ1) is 13.5. The van der Waals surface area contributed by atoms with Crippen molar-refractivity contribution in [3.63, 3.8) is 0 Å². The minimum atomic E-state index is -0.503. The summed E-state index contributed by atoms with van der Waals surface area (Å²) in [4.78, 5) is 17.8. The SMILES string of the molecule is Cc1nc2cc(CC(N)C(=O)N(C)C)ccc2n1C. The lowest BCUT2D eigenvalue weighted by molar-refractivity contribution is -0.130. The summed E-state index contributed by atoms with van der Waals surface area (Å²) in [7, 11) is 5.42. The monoisotopic (exact) mass is 260 g/mol. The fourth-order valence-electron chi connectivity index (χ4n) is 2.17. The molecule has 0 saturated heterocycles. The van der Waals surface area contributed by atoms with Crippen LogP contribution in [0.5, 0.6) is 0 Å². The normalized spacial score (nSPS) is 12.7. The van der Waals surface area contributed by atoms with E-state index in [1.54, 1.807) is 14.1 Å². The van der Waals surface area contributed by atoms with E-state index in [1.165, 1.54) is 4.90 Å². The fourth-order valence-corrected chi connectivity index (χ4v) is 2.17. The Labute approximate surface area is 113 Å². The second-order valence-corrected chi connectivity index (χ2v) is 5.08. The molecular weight excluding hydrogens is 240 g/mol. The van der Waals surface area contributed by atoms with E-state index in [1.807, 2.05) is 36.7 Å². The zero-order valence-electron chi connectivity index (χ0n) is 11.8. The van der Waals surface area contributed by atoms with Crippen molar-refractivity contribution in [1.29, 1.82) is 0 Å². The molecule has 0 aliphatic rings. The van der Waals surface area contributed by atoms with Gasteiger partial charge in [-0.15, -0.1) is 0 Å². The van der Waals surface area contributed by atoms with E-state index in [2.05, 4.69) is 4.98 Å². The summed E-state index contributed by atoms with van der Waals surface area (Å²) in [6.07, 6.45) is 0.530. The molecule has 0 fully saturated rings. The summed E-state index contributed by atoms with van der Waals surface area (Å²) in [6, 6.07) is 5.53. The second-order valence-electron chi connectivity index (χ2n) is 5.08. The summed E-state index contributed by atoms with van der Waals surface area (Å²) < 4.78 is 2.05. The first-order valence-corrected chi connectivity index (χ1v) is 6.29. The zero-order valence-corrected chi connectivity index (χ0v) is 11.8. The highest BCUT2D eigenvalue weighted by Crippen LogP contribution is 2.17. The number of carbonyl (C=O) groups excluding carboxylic acids is 1. The van der Waals surface area contributed by atoms with Crippen LogP contribution in [0.15, 0.2) is 18.2 Å². The van der Waals surface area contributed by atoms with Gasteiger partial charge in [-0.25, -0.2) is 4.98 Å². The maximum Gasteiger partial charge on any atom is 0.239 e. The molecule has 2 aromatic rings. The number of hydrogen-bond acceptors (Lipinski definition) is 3. The van der Waals surface area contributed by atoms with Crippen molar-refractivity contribution < 1.29 is 4.79 Å². The minimum absolute atomic E-state index is 0.0581. The van der Waals surface area contributed by atoms with Gasteiger partial charge in [-0.05, 0) is 31.0 Å². The molecule has 0 aliphatic heterocycles. The Morgan fingerprint density at radius 2 is 2.16 bits per heavy atom. The second kappa shape index (κ2) is 5.01. The van der Waals surface area contributed by atoms with Gasteiger partial charge in [0.15, 0.2) is 0 Å². The Morgan fingerprint density at radius 1 is 1.47 bits per heavy atom. The van der Waals surface area contributed by atoms with E-state index >= 15 is 0 Å². The number of benzene rings is 1. The van der Waals surface area contributed by atoms with Gasteiger partial charge in [-0.1, -0.05) is 6.07 Å². The van der Waals surface area contributed by atoms with Crippen molar-refractivity contribution in [2.24, 2.45) is 12.8 Å². The number of aryl methyl sites for hydroxylation is 2. The van der Waals surface area contributed by atoms with Crippen LogP contribution in [-0.4, -0.2) is 40.5 Å². The van der Waals surface area contributed by atoms with Crippen LogP contribution in [0.1, 0.15) is 11.4 Å². The Hall–Kier alpha value is -1.88. The molecule has 2 N–H and O–H groups in total. The van der Waals surface area contributed by atoms with Crippen LogP contribution in [0.4, 0.5) is 0 Å². The van der Waals surface area contributed by atoms with Crippen LogP contribution in [0, 0.1) is 6.92 Å². The van der Waals surface area contributed by atoms with Crippen molar-refractivity contribution in [3.8, 4) is 0 Å². The maximum absolute atomic E-state index is 11.8. The highest BCUT2D eigenvalue weighted by Gasteiger charge is 2.16. The summed E-state index contributed by atoms with van der Waals surface area (Å²) in [5.41, 5.74) is 8.99. The fraction of sp³-hybridized carbons (Fsp3) is 0.429. The third kappa shape index (κ3) is 2.61. The van der Waals surface area contributed by atoms with Gasteiger partial charge in [0.05, 0.1) is 17.1 Å². The Kier molecular flexibility index (Phi) is 3.57. The predicted octanol–water partition coefficient (Wildman–Crippen LogP) is 0.840. The lowest BCUT2D eigenvalue weighted by Crippen LogP contribution is -2.41. The Bertz CT molecular complexity index is 615. The Morgan fingerprint density at radius 3 is 2.79 bits per heavy atom. The molecule has 1 heterocycles. The van der Waals surface area contributed by atoms with E-state index in [0.717, 1.165) is 22.4 Å². The molecule has 1 atom stereocenters. The molecule has 0 bridgehead atoms. The molecule has 1 aromatic carbocycles. The standard InChI is InChI=1S/C14H20N4O/c1-9-16-12-8-10(5-6-13(12)18(9)4)7-11(15)14(19)17(2)3/h5-6,8,11H,7,15H2,1-4H3. The van der Waals surface area contributed by atoms with Gasteiger partial charge in [0.2, 0.25) is 5.91 Å². The molecule has 1 unspecified atom stereocenters. The van der Waals surface area contributed by atoms with Gasteiger partial charge < -0.3 is 15.2 Å². The quantitative estimate of drug-likeness (QED) is 0.889. The number of hydrogen-bond donors (Lipinski definition) is 1. The van der Waals surface area contributed by atoms with E-state index in [9.17, 15) is 4.79 Å². The molecule has 5 heteroatoms. The van der Waals surface area contributed by atoms with Gasteiger partial charge in [0.25, 0.3) is 0 Å². The molecule has 19 heavy (non-hydrogen) atoms. The number of nitrogens with two attached hydrogens (primary N) is 1. The number of carbonyl (C=O) groups is 1. The average Bonchev–Trinajstić information content (AvgIpc) is 2.63. The van der Waals surface area contributed by atoms with Crippen molar-refractivity contribution in [2.75, 3.05) is 14.1 Å². The summed E-state index contributed by atoms with van der Waals surface area (Å²) in [5.74, 6) is 0.915. The lowest BCUT2D eigenvalue weighted by atomic mass is 10.1. The van der Waals surface area contributed by atoms with Gasteiger partial charge in [0.1, 0.15) is 5.82 Å². The highest BCUT2D eigenvalue weighted by molar-refractivity contribution is 5.82. The highest BCUT2D eigenvalue weighted by atomic mass is 16.2.